The lowest BCUT2D eigenvalue weighted by Crippen LogP contribution is -1.80. The predicted molar refractivity (Wildman–Crippen MR) is 28.2 cm³/mol. The summed E-state index contributed by atoms with van der Waals surface area (Å²) in [7, 11) is 1.84. The van der Waals surface area contributed by atoms with E-state index in [4.69, 9.17) is 11.6 Å². The Morgan fingerprint density at radius 1 is 1.86 bits per heavy atom. The molecule has 1 rings (SSSR count). The van der Waals surface area contributed by atoms with Gasteiger partial charge in [-0.2, -0.15) is 0 Å². The Morgan fingerprint density at radius 2 is 2.57 bits per heavy atom. The SMILES string of the molecule is [13CH3]n1[13cH]n[13cH][13c]1Cl. The minimum absolute atomic E-state index is 0.667. The number of hydrogen-bond donors (Lipinski definition) is 0. The summed E-state index contributed by atoms with van der Waals surface area (Å²) in [6.07, 6.45) is 3.25. The van der Waals surface area contributed by atoms with Gasteiger partial charge in [-0.1, -0.05) is 11.6 Å². The molecule has 0 unspecified atom stereocenters. The van der Waals surface area contributed by atoms with E-state index in [2.05, 4.69) is 4.98 Å². The highest BCUT2D eigenvalue weighted by atomic mass is 35.5. The maximum atomic E-state index is 5.52. The molecule has 3 heteroatoms. The van der Waals surface area contributed by atoms with Crippen molar-refractivity contribution in [2.45, 2.75) is 0 Å². The first-order valence-electron chi connectivity index (χ1n) is 1.92. The first-order valence-corrected chi connectivity index (χ1v) is 2.30. The maximum Gasteiger partial charge on any atom is 0.128 e. The number of halogens is 1. The largest absolute Gasteiger partial charge is 0.325 e. The van der Waals surface area contributed by atoms with Crippen LogP contribution in [0.2, 0.25) is 5.15 Å². The predicted octanol–water partition coefficient (Wildman–Crippen LogP) is 1.07. The van der Waals surface area contributed by atoms with E-state index in [1.165, 1.54) is 0 Å². The minimum Gasteiger partial charge on any atom is -0.325 e. The van der Waals surface area contributed by atoms with Gasteiger partial charge in [0.2, 0.25) is 0 Å². The number of hydrogen-bond acceptors (Lipinski definition) is 1. The van der Waals surface area contributed by atoms with Gasteiger partial charge in [-0.25, -0.2) is 4.98 Å². The molecule has 0 fully saturated rings. The van der Waals surface area contributed by atoms with Crippen LogP contribution >= 0.6 is 11.6 Å². The third kappa shape index (κ3) is 0.747. The van der Waals surface area contributed by atoms with Crippen LogP contribution < -0.4 is 0 Å². The van der Waals surface area contributed by atoms with E-state index in [9.17, 15) is 0 Å². The van der Waals surface area contributed by atoms with Crippen molar-refractivity contribution in [2.24, 2.45) is 7.05 Å². The van der Waals surface area contributed by atoms with Gasteiger partial charge in [-0.05, 0) is 0 Å². The number of aromatic nitrogens is 2. The summed E-state index contributed by atoms with van der Waals surface area (Å²) in [5.74, 6) is 0. The summed E-state index contributed by atoms with van der Waals surface area (Å²) in [6, 6.07) is 0. The average molecular weight is 121 g/mol. The van der Waals surface area contributed by atoms with Crippen LogP contribution in [0.25, 0.3) is 0 Å². The number of nitrogens with zero attached hydrogens (tertiary/aromatic N) is 2. The molecule has 38 valence electrons. The van der Waals surface area contributed by atoms with Crippen LogP contribution in [0.15, 0.2) is 12.5 Å². The second kappa shape index (κ2) is 1.54. The first kappa shape index (κ1) is 4.65. The quantitative estimate of drug-likeness (QED) is 0.469. The molecule has 0 aromatic carbocycles. The summed E-state index contributed by atoms with van der Waals surface area (Å²) >= 11 is 5.52. The van der Waals surface area contributed by atoms with Crippen LogP contribution in [-0.2, 0) is 7.05 Å². The second-order valence-corrected chi connectivity index (χ2v) is 1.71. The molecule has 2 nitrogen and oxygen atoms in total. The zero-order valence-electron chi connectivity index (χ0n) is 3.93. The van der Waals surface area contributed by atoms with Crippen LogP contribution in [0.5, 0.6) is 0 Å². The highest BCUT2D eigenvalue weighted by Crippen LogP contribution is 2.01. The van der Waals surface area contributed by atoms with Crippen LogP contribution in [0, 0.1) is 0 Å². The van der Waals surface area contributed by atoms with Crippen molar-refractivity contribution in [1.82, 2.24) is 9.55 Å². The van der Waals surface area contributed by atoms with Gasteiger partial charge in [0.15, 0.2) is 0 Å². The van der Waals surface area contributed by atoms with Crippen LogP contribution in [0.1, 0.15) is 0 Å². The van der Waals surface area contributed by atoms with E-state index in [-0.39, 0.29) is 0 Å². The number of imidazole rings is 1. The molecule has 0 amide bonds. The Kier molecular flexibility index (Phi) is 1.02. The van der Waals surface area contributed by atoms with E-state index in [1.807, 2.05) is 7.05 Å². The van der Waals surface area contributed by atoms with E-state index in [0.29, 0.717) is 5.15 Å². The number of rotatable bonds is 0. The van der Waals surface area contributed by atoms with Gasteiger partial charge in [0.05, 0.1) is 12.5 Å². The Hall–Kier alpha value is -0.500. The zero-order valence-corrected chi connectivity index (χ0v) is 4.68. The summed E-state index contributed by atoms with van der Waals surface area (Å²) in [6.45, 7) is 0. The molecule has 0 N–H and O–H groups in total. The van der Waals surface area contributed by atoms with Crippen molar-refractivity contribution in [3.63, 3.8) is 0 Å². The molecular weight excluding hydrogens is 115 g/mol. The molecule has 0 radical (unpaired) electrons. The second-order valence-electron chi connectivity index (χ2n) is 1.33. The fraction of sp³-hybridized carbons (Fsp3) is 0.250. The topological polar surface area (TPSA) is 17.8 Å². The molecule has 0 saturated carbocycles. The molecule has 0 aliphatic rings. The smallest absolute Gasteiger partial charge is 0.128 e. The summed E-state index contributed by atoms with van der Waals surface area (Å²) in [5, 5.41) is 0.667. The van der Waals surface area contributed by atoms with Gasteiger partial charge >= 0.3 is 0 Å². The fourth-order valence-corrected chi connectivity index (χ4v) is 0.441. The molecule has 0 spiro atoms. The van der Waals surface area contributed by atoms with Crippen molar-refractivity contribution in [1.29, 1.82) is 0 Å². The highest BCUT2D eigenvalue weighted by molar-refractivity contribution is 6.29. The van der Waals surface area contributed by atoms with Crippen LogP contribution in [-0.4, -0.2) is 9.55 Å². The minimum atomic E-state index is 0.667. The normalized spacial score (nSPS) is 9.43. The van der Waals surface area contributed by atoms with Gasteiger partial charge in [-0.15, -0.1) is 0 Å². The lowest BCUT2D eigenvalue weighted by Gasteiger charge is -1.84. The lowest BCUT2D eigenvalue weighted by molar-refractivity contribution is 0.914. The Bertz CT molecular complexity index is 142. The molecule has 0 saturated heterocycles. The molecule has 1 heterocycles. The molecule has 0 atom stereocenters. The molecule has 0 aliphatic carbocycles. The van der Waals surface area contributed by atoms with Crippen molar-refractivity contribution >= 4 is 11.6 Å². The third-order valence-corrected chi connectivity index (χ3v) is 1.12. The van der Waals surface area contributed by atoms with Crippen LogP contribution in [0.3, 0.4) is 0 Å². The lowest BCUT2D eigenvalue weighted by atomic mass is 11.7. The van der Waals surface area contributed by atoms with E-state index in [0.717, 1.165) is 0 Å². The summed E-state index contributed by atoms with van der Waals surface area (Å²) < 4.78 is 1.74. The molecule has 7 heavy (non-hydrogen) atoms. The summed E-state index contributed by atoms with van der Waals surface area (Å²) in [4.78, 5) is 3.75. The monoisotopic (exact) mass is 120 g/mol. The average Bonchev–Trinajstić information content (AvgIpc) is 1.91. The third-order valence-electron chi connectivity index (χ3n) is 0.758. The van der Waals surface area contributed by atoms with Crippen LogP contribution in [0.4, 0.5) is 0 Å². The molecule has 0 aliphatic heterocycles. The van der Waals surface area contributed by atoms with Gasteiger partial charge in [-0.3, -0.25) is 0 Å². The zero-order chi connectivity index (χ0) is 5.28. The van der Waals surface area contributed by atoms with Gasteiger partial charge in [0.1, 0.15) is 5.15 Å². The van der Waals surface area contributed by atoms with E-state index >= 15 is 0 Å². The molecule has 1 aromatic heterocycles. The van der Waals surface area contributed by atoms with E-state index < -0.39 is 0 Å². The summed E-state index contributed by atoms with van der Waals surface area (Å²) in [5.41, 5.74) is 0. The molecule has 1 aromatic rings. The van der Waals surface area contributed by atoms with Crippen molar-refractivity contribution in [2.75, 3.05) is 0 Å². The van der Waals surface area contributed by atoms with Crippen molar-refractivity contribution in [3.05, 3.63) is 17.7 Å². The van der Waals surface area contributed by atoms with Crippen molar-refractivity contribution < 1.29 is 0 Å². The molecule has 0 bridgehead atoms. The molecular formula is C4H5ClN2. The Labute approximate surface area is 46.7 Å². The Morgan fingerprint density at radius 3 is 2.71 bits per heavy atom. The maximum absolute atomic E-state index is 5.52. The van der Waals surface area contributed by atoms with Gasteiger partial charge in [0.25, 0.3) is 0 Å². The van der Waals surface area contributed by atoms with Gasteiger partial charge < -0.3 is 4.57 Å². The Balaban J connectivity index is 3.12. The van der Waals surface area contributed by atoms with Gasteiger partial charge in [0, 0.05) is 7.05 Å². The first-order chi connectivity index (χ1) is 3.30. The number of aryl methyl sites for hydroxylation is 1. The van der Waals surface area contributed by atoms with E-state index in [1.54, 1.807) is 17.1 Å². The highest BCUT2D eigenvalue weighted by Gasteiger charge is 1.86. The standard InChI is InChI=1S/C4H5ClN2/c1-7-3-6-2-4(7)5/h2-3H,1H3/i1+1,2+1,3+1,4+1. The van der Waals surface area contributed by atoms with Crippen molar-refractivity contribution in [3.8, 4) is 0 Å². The fourth-order valence-electron chi connectivity index (χ4n) is 0.341.